The van der Waals surface area contributed by atoms with Crippen molar-refractivity contribution >= 4 is 6.09 Å². The number of amides is 1. The minimum absolute atomic E-state index is 0.208. The van der Waals surface area contributed by atoms with E-state index in [9.17, 15) is 4.79 Å². The van der Waals surface area contributed by atoms with Crippen LogP contribution in [0.15, 0.2) is 42.1 Å². The topological polar surface area (TPSA) is 50.8 Å². The van der Waals surface area contributed by atoms with Crippen molar-refractivity contribution in [2.75, 3.05) is 13.1 Å². The quantitative estimate of drug-likeness (QED) is 0.859. The summed E-state index contributed by atoms with van der Waals surface area (Å²) in [6.45, 7) is 7.70. The smallest absolute Gasteiger partial charge is 0.410 e. The summed E-state index contributed by atoms with van der Waals surface area (Å²) in [5.74, 6) is 0.848. The molecule has 0 bridgehead atoms. The van der Waals surface area contributed by atoms with Crippen LogP contribution in [0.4, 0.5) is 4.79 Å². The lowest BCUT2D eigenvalue weighted by molar-refractivity contribution is 0.0280. The summed E-state index contributed by atoms with van der Waals surface area (Å²) in [7, 11) is 0. The number of allylic oxidation sites excluding steroid dienone is 1. The number of hydrogen-bond acceptors (Lipinski definition) is 4. The molecule has 3 rings (SSSR count). The van der Waals surface area contributed by atoms with Gasteiger partial charge in [0.05, 0.1) is 6.61 Å². The van der Waals surface area contributed by atoms with Gasteiger partial charge < -0.3 is 9.64 Å². The monoisotopic (exact) mass is 330 g/mol. The Bertz CT molecular complexity index is 607. The Balaban J connectivity index is 1.45. The zero-order valence-corrected chi connectivity index (χ0v) is 14.6. The molecule has 1 aromatic carbocycles. The first kappa shape index (κ1) is 16.8. The predicted octanol–water partition coefficient (Wildman–Crippen LogP) is 3.48. The van der Waals surface area contributed by atoms with E-state index < -0.39 is 5.60 Å². The van der Waals surface area contributed by atoms with Crippen LogP contribution >= 0.6 is 0 Å². The first-order valence-electron chi connectivity index (χ1n) is 8.51. The Labute approximate surface area is 143 Å². The summed E-state index contributed by atoms with van der Waals surface area (Å²) < 4.78 is 5.45. The van der Waals surface area contributed by atoms with E-state index in [4.69, 9.17) is 9.57 Å². The summed E-state index contributed by atoms with van der Waals surface area (Å²) in [5, 5.41) is 0. The fourth-order valence-electron chi connectivity index (χ4n) is 3.25. The van der Waals surface area contributed by atoms with Gasteiger partial charge in [-0.2, -0.15) is 0 Å². The van der Waals surface area contributed by atoms with Crippen LogP contribution < -0.4 is 5.48 Å². The van der Waals surface area contributed by atoms with Crippen molar-refractivity contribution in [3.8, 4) is 0 Å². The van der Waals surface area contributed by atoms with Crippen LogP contribution in [-0.4, -0.2) is 29.7 Å². The molecule has 5 heteroatoms. The summed E-state index contributed by atoms with van der Waals surface area (Å²) in [6, 6.07) is 10.1. The number of nitrogens with zero attached hydrogens (tertiary/aromatic N) is 1. The van der Waals surface area contributed by atoms with Gasteiger partial charge in [-0.05, 0) is 38.7 Å². The lowest BCUT2D eigenvalue weighted by atomic mass is 10.0. The number of rotatable bonds is 4. The molecule has 1 heterocycles. The third-order valence-electron chi connectivity index (χ3n) is 4.33. The number of carbonyl (C=O) groups is 1. The van der Waals surface area contributed by atoms with Crippen molar-refractivity contribution in [2.24, 2.45) is 11.8 Å². The molecule has 2 unspecified atom stereocenters. The lowest BCUT2D eigenvalue weighted by Gasteiger charge is -2.24. The highest BCUT2D eigenvalue weighted by atomic mass is 16.6. The Hall–Kier alpha value is -2.01. The molecule has 24 heavy (non-hydrogen) atoms. The van der Waals surface area contributed by atoms with E-state index in [1.165, 1.54) is 0 Å². The Morgan fingerprint density at radius 2 is 2.00 bits per heavy atom. The molecule has 1 N–H and O–H groups in total. The van der Waals surface area contributed by atoms with Crippen LogP contribution in [0.25, 0.3) is 0 Å². The second-order valence-corrected chi connectivity index (χ2v) is 7.58. The molecule has 0 saturated carbocycles. The molecular formula is C19H26N2O3. The maximum atomic E-state index is 12.1. The molecule has 1 aromatic rings. The summed E-state index contributed by atoms with van der Waals surface area (Å²) >= 11 is 0. The Morgan fingerprint density at radius 3 is 2.67 bits per heavy atom. The van der Waals surface area contributed by atoms with Crippen LogP contribution in [0.5, 0.6) is 0 Å². The molecule has 1 fully saturated rings. The highest BCUT2D eigenvalue weighted by Gasteiger charge is 2.39. The normalized spacial score (nSPS) is 23.0. The standard InChI is InChI=1S/C19H26N2O3/c1-19(2,3)24-18(22)21-11-15-9-17(10-16(15)12-21)20-23-13-14-7-5-4-6-8-14/h4-9,15-16,20H,10-13H2,1-3H3. The van der Waals surface area contributed by atoms with Gasteiger partial charge in [0, 0.05) is 24.7 Å². The number of hydroxylamine groups is 1. The van der Waals surface area contributed by atoms with Crippen molar-refractivity contribution in [2.45, 2.75) is 39.4 Å². The van der Waals surface area contributed by atoms with Crippen LogP contribution in [0.3, 0.4) is 0 Å². The minimum atomic E-state index is -0.442. The minimum Gasteiger partial charge on any atom is -0.444 e. The summed E-state index contributed by atoms with van der Waals surface area (Å²) in [4.78, 5) is 19.5. The third kappa shape index (κ3) is 4.29. The number of nitrogens with one attached hydrogen (secondary N) is 1. The lowest BCUT2D eigenvalue weighted by Crippen LogP contribution is -2.35. The molecule has 0 aromatic heterocycles. The van der Waals surface area contributed by atoms with Gasteiger partial charge in [0.1, 0.15) is 5.60 Å². The molecule has 1 aliphatic heterocycles. The van der Waals surface area contributed by atoms with Crippen molar-refractivity contribution in [3.63, 3.8) is 0 Å². The van der Waals surface area contributed by atoms with E-state index in [-0.39, 0.29) is 6.09 Å². The average molecular weight is 330 g/mol. The molecule has 5 nitrogen and oxygen atoms in total. The van der Waals surface area contributed by atoms with E-state index in [1.54, 1.807) is 0 Å². The number of likely N-dealkylation sites (tertiary alicyclic amines) is 1. The second kappa shape index (κ2) is 6.85. The van der Waals surface area contributed by atoms with Crippen LogP contribution in [0.2, 0.25) is 0 Å². The number of fused-ring (bicyclic) bond motifs is 1. The van der Waals surface area contributed by atoms with E-state index in [2.05, 4.69) is 11.6 Å². The van der Waals surface area contributed by atoms with Crippen molar-refractivity contribution < 1.29 is 14.4 Å². The van der Waals surface area contributed by atoms with E-state index in [1.807, 2.05) is 56.0 Å². The van der Waals surface area contributed by atoms with Crippen LogP contribution in [0, 0.1) is 11.8 Å². The first-order valence-corrected chi connectivity index (χ1v) is 8.51. The van der Waals surface area contributed by atoms with Crippen molar-refractivity contribution in [1.29, 1.82) is 0 Å². The molecular weight excluding hydrogens is 304 g/mol. The van der Waals surface area contributed by atoms with Gasteiger partial charge in [-0.1, -0.05) is 36.4 Å². The van der Waals surface area contributed by atoms with Gasteiger partial charge in [-0.3, -0.25) is 10.3 Å². The fourth-order valence-corrected chi connectivity index (χ4v) is 3.25. The van der Waals surface area contributed by atoms with Crippen LogP contribution in [-0.2, 0) is 16.2 Å². The van der Waals surface area contributed by atoms with E-state index >= 15 is 0 Å². The van der Waals surface area contributed by atoms with Gasteiger partial charge in [-0.15, -0.1) is 0 Å². The SMILES string of the molecule is CC(C)(C)OC(=O)N1CC2C=C(NOCc3ccccc3)CC2C1. The maximum absolute atomic E-state index is 12.1. The number of ether oxygens (including phenoxy) is 1. The Kier molecular flexibility index (Phi) is 4.81. The molecule has 2 atom stereocenters. The fraction of sp³-hybridized carbons (Fsp3) is 0.526. The maximum Gasteiger partial charge on any atom is 0.410 e. The molecule has 1 amide bonds. The molecule has 130 valence electrons. The Morgan fingerprint density at radius 1 is 1.25 bits per heavy atom. The molecule has 1 aliphatic carbocycles. The highest BCUT2D eigenvalue weighted by molar-refractivity contribution is 5.68. The van der Waals surface area contributed by atoms with E-state index in [0.29, 0.717) is 18.4 Å². The predicted molar refractivity (Wildman–Crippen MR) is 91.9 cm³/mol. The average Bonchev–Trinajstić information content (AvgIpc) is 3.05. The van der Waals surface area contributed by atoms with Gasteiger partial charge in [0.2, 0.25) is 0 Å². The zero-order chi connectivity index (χ0) is 17.2. The third-order valence-corrected chi connectivity index (χ3v) is 4.33. The van der Waals surface area contributed by atoms with Gasteiger partial charge >= 0.3 is 6.09 Å². The van der Waals surface area contributed by atoms with Gasteiger partial charge in [0.15, 0.2) is 0 Å². The van der Waals surface area contributed by atoms with Gasteiger partial charge in [-0.25, -0.2) is 4.79 Å². The van der Waals surface area contributed by atoms with Gasteiger partial charge in [0.25, 0.3) is 0 Å². The first-order chi connectivity index (χ1) is 11.4. The number of hydrogen-bond donors (Lipinski definition) is 1. The largest absolute Gasteiger partial charge is 0.444 e. The molecule has 0 spiro atoms. The van der Waals surface area contributed by atoms with Crippen LogP contribution in [0.1, 0.15) is 32.8 Å². The molecule has 2 aliphatic rings. The molecule has 1 saturated heterocycles. The van der Waals surface area contributed by atoms with E-state index in [0.717, 1.165) is 30.8 Å². The highest BCUT2D eigenvalue weighted by Crippen LogP contribution is 2.36. The second-order valence-electron chi connectivity index (χ2n) is 7.58. The van der Waals surface area contributed by atoms with Crippen molar-refractivity contribution in [1.82, 2.24) is 10.4 Å². The summed E-state index contributed by atoms with van der Waals surface area (Å²) in [6.07, 6.45) is 2.90. The number of benzene rings is 1. The van der Waals surface area contributed by atoms with Crippen molar-refractivity contribution in [3.05, 3.63) is 47.7 Å². The number of carbonyl (C=O) groups excluding carboxylic acids is 1. The zero-order valence-electron chi connectivity index (χ0n) is 14.6. The molecule has 0 radical (unpaired) electrons. The summed E-state index contributed by atoms with van der Waals surface area (Å²) in [5.41, 5.74) is 4.88.